The minimum absolute atomic E-state index is 0.197. The average Bonchev–Trinajstić information content (AvgIpc) is 2.67. The molecule has 0 heterocycles. The molecule has 2 aromatic rings. The standard InChI is InChI=1S/C20H18N2O3/c23-19(14-11-16-6-2-1-3-7-16)21-15-5-4-8-17-9-12-18(13-10-17)20(24)22-25/h1-3,6-7,9-14,25H,8,15H2,(H,21,23)(H,22,24). The first-order chi connectivity index (χ1) is 12.2. The van der Waals surface area contributed by atoms with Crippen molar-refractivity contribution in [1.82, 2.24) is 10.8 Å². The maximum Gasteiger partial charge on any atom is 0.274 e. The van der Waals surface area contributed by atoms with Gasteiger partial charge in [0.25, 0.3) is 5.91 Å². The van der Waals surface area contributed by atoms with Crippen molar-refractivity contribution in [2.24, 2.45) is 0 Å². The Morgan fingerprint density at radius 1 is 1.00 bits per heavy atom. The Hall–Kier alpha value is -3.36. The highest BCUT2D eigenvalue weighted by atomic mass is 16.5. The molecule has 0 unspecified atom stereocenters. The number of carbonyl (C=O) groups excluding carboxylic acids is 2. The van der Waals surface area contributed by atoms with Crippen molar-refractivity contribution in [2.45, 2.75) is 6.42 Å². The Morgan fingerprint density at radius 3 is 2.40 bits per heavy atom. The molecule has 0 saturated heterocycles. The van der Waals surface area contributed by atoms with Crippen molar-refractivity contribution in [3.63, 3.8) is 0 Å². The molecule has 0 aliphatic rings. The van der Waals surface area contributed by atoms with Crippen molar-refractivity contribution in [3.05, 3.63) is 77.4 Å². The predicted molar refractivity (Wildman–Crippen MR) is 95.7 cm³/mol. The summed E-state index contributed by atoms with van der Waals surface area (Å²) in [6.45, 7) is 0.267. The average molecular weight is 334 g/mol. The number of benzene rings is 2. The molecule has 126 valence electrons. The summed E-state index contributed by atoms with van der Waals surface area (Å²) in [5.74, 6) is 5.08. The molecule has 2 aromatic carbocycles. The molecule has 0 fully saturated rings. The van der Waals surface area contributed by atoms with Crippen LogP contribution in [0, 0.1) is 11.8 Å². The largest absolute Gasteiger partial charge is 0.342 e. The van der Waals surface area contributed by atoms with Crippen LogP contribution < -0.4 is 10.8 Å². The fourth-order valence-corrected chi connectivity index (χ4v) is 1.99. The number of nitrogens with one attached hydrogen (secondary N) is 2. The van der Waals surface area contributed by atoms with E-state index in [1.54, 1.807) is 35.8 Å². The zero-order chi connectivity index (χ0) is 17.9. The van der Waals surface area contributed by atoms with Gasteiger partial charge in [0, 0.05) is 18.1 Å². The van der Waals surface area contributed by atoms with E-state index in [4.69, 9.17) is 5.21 Å². The first kappa shape index (κ1) is 18.0. The summed E-state index contributed by atoms with van der Waals surface area (Å²) in [6.07, 6.45) is 3.73. The van der Waals surface area contributed by atoms with E-state index in [-0.39, 0.29) is 12.5 Å². The molecule has 0 aliphatic carbocycles. The van der Waals surface area contributed by atoms with Gasteiger partial charge in [-0.1, -0.05) is 54.3 Å². The lowest BCUT2D eigenvalue weighted by atomic mass is 10.1. The highest BCUT2D eigenvalue weighted by molar-refractivity contribution is 5.93. The minimum Gasteiger partial charge on any atom is -0.342 e. The molecule has 2 rings (SSSR count). The van der Waals surface area contributed by atoms with Crippen LogP contribution in [0.15, 0.2) is 60.7 Å². The van der Waals surface area contributed by atoms with Gasteiger partial charge in [-0.3, -0.25) is 14.8 Å². The van der Waals surface area contributed by atoms with E-state index < -0.39 is 5.91 Å². The molecule has 0 aromatic heterocycles. The van der Waals surface area contributed by atoms with Gasteiger partial charge in [0.2, 0.25) is 5.91 Å². The summed E-state index contributed by atoms with van der Waals surface area (Å²) < 4.78 is 0. The third-order valence-electron chi connectivity index (χ3n) is 3.31. The lowest BCUT2D eigenvalue weighted by molar-refractivity contribution is -0.116. The first-order valence-corrected chi connectivity index (χ1v) is 7.69. The quantitative estimate of drug-likeness (QED) is 0.339. The molecule has 5 nitrogen and oxygen atoms in total. The molecule has 0 spiro atoms. The summed E-state index contributed by atoms with van der Waals surface area (Å²) in [5.41, 5.74) is 3.85. The van der Waals surface area contributed by atoms with Crippen molar-refractivity contribution in [2.75, 3.05) is 6.54 Å². The smallest absolute Gasteiger partial charge is 0.274 e. The number of hydrogen-bond acceptors (Lipinski definition) is 3. The third-order valence-corrected chi connectivity index (χ3v) is 3.31. The molecule has 0 bridgehead atoms. The topological polar surface area (TPSA) is 78.4 Å². The van der Waals surface area contributed by atoms with E-state index in [9.17, 15) is 9.59 Å². The van der Waals surface area contributed by atoms with Crippen LogP contribution in [0.5, 0.6) is 0 Å². The first-order valence-electron chi connectivity index (χ1n) is 7.69. The second-order valence-electron chi connectivity index (χ2n) is 5.13. The summed E-state index contributed by atoms with van der Waals surface area (Å²) in [5, 5.41) is 11.2. The normalized spacial score (nSPS) is 9.96. The molecule has 0 saturated carbocycles. The van der Waals surface area contributed by atoms with Gasteiger partial charge in [0.05, 0.1) is 6.54 Å². The van der Waals surface area contributed by atoms with Gasteiger partial charge >= 0.3 is 0 Å². The fraction of sp³-hybridized carbons (Fsp3) is 0.100. The van der Waals surface area contributed by atoms with Crippen molar-refractivity contribution in [1.29, 1.82) is 0 Å². The zero-order valence-electron chi connectivity index (χ0n) is 13.5. The third kappa shape index (κ3) is 6.34. The molecule has 25 heavy (non-hydrogen) atoms. The van der Waals surface area contributed by atoms with Gasteiger partial charge in [-0.15, -0.1) is 0 Å². The summed E-state index contributed by atoms with van der Waals surface area (Å²) in [6, 6.07) is 16.3. The Labute approximate surface area is 146 Å². The highest BCUT2D eigenvalue weighted by Crippen LogP contribution is 2.04. The van der Waals surface area contributed by atoms with E-state index in [1.807, 2.05) is 30.3 Å². The molecular formula is C20H18N2O3. The molecule has 0 atom stereocenters. The maximum atomic E-state index is 11.7. The molecular weight excluding hydrogens is 316 g/mol. The van der Waals surface area contributed by atoms with Crippen LogP contribution in [-0.2, 0) is 11.2 Å². The summed E-state index contributed by atoms with van der Waals surface area (Å²) >= 11 is 0. The maximum absolute atomic E-state index is 11.7. The predicted octanol–water partition coefficient (Wildman–Crippen LogP) is 2.18. The Balaban J connectivity index is 1.74. The van der Waals surface area contributed by atoms with Crippen molar-refractivity contribution < 1.29 is 14.8 Å². The monoisotopic (exact) mass is 334 g/mol. The number of amides is 2. The number of hydrogen-bond donors (Lipinski definition) is 3. The van der Waals surface area contributed by atoms with E-state index >= 15 is 0 Å². The fourth-order valence-electron chi connectivity index (χ4n) is 1.99. The second-order valence-corrected chi connectivity index (χ2v) is 5.13. The van der Waals surface area contributed by atoms with Crippen molar-refractivity contribution >= 4 is 17.9 Å². The SMILES string of the molecule is O=C(C=Cc1ccccc1)NCC#CCc1ccc(C(=O)NO)cc1. The second kappa shape index (κ2) is 9.71. The van der Waals surface area contributed by atoms with Crippen LogP contribution in [0.3, 0.4) is 0 Å². The highest BCUT2D eigenvalue weighted by Gasteiger charge is 2.02. The Morgan fingerprint density at radius 2 is 1.72 bits per heavy atom. The minimum atomic E-state index is -0.552. The molecule has 5 heteroatoms. The van der Waals surface area contributed by atoms with Gasteiger partial charge in [-0.05, 0) is 29.3 Å². The number of hydroxylamine groups is 1. The van der Waals surface area contributed by atoms with Crippen LogP contribution in [0.2, 0.25) is 0 Å². The zero-order valence-corrected chi connectivity index (χ0v) is 13.5. The Bertz CT molecular complexity index is 800. The molecule has 0 radical (unpaired) electrons. The Kier molecular flexibility index (Phi) is 6.98. The molecule has 3 N–H and O–H groups in total. The van der Waals surface area contributed by atoms with Gasteiger partial charge in [-0.2, -0.15) is 0 Å². The van der Waals surface area contributed by atoms with Gasteiger partial charge in [0.15, 0.2) is 0 Å². The van der Waals surface area contributed by atoms with E-state index in [0.29, 0.717) is 12.0 Å². The van der Waals surface area contributed by atoms with Gasteiger partial charge < -0.3 is 5.32 Å². The molecule has 2 amide bonds. The van der Waals surface area contributed by atoms with Gasteiger partial charge in [-0.25, -0.2) is 5.48 Å². The van der Waals surface area contributed by atoms with Crippen molar-refractivity contribution in [3.8, 4) is 11.8 Å². The lowest BCUT2D eigenvalue weighted by Gasteiger charge is -1.99. The molecule has 0 aliphatic heterocycles. The number of rotatable bonds is 5. The lowest BCUT2D eigenvalue weighted by Crippen LogP contribution is -2.20. The summed E-state index contributed by atoms with van der Waals surface area (Å²) in [4.78, 5) is 22.9. The van der Waals surface area contributed by atoms with Crippen LogP contribution in [0.1, 0.15) is 21.5 Å². The van der Waals surface area contributed by atoms with Crippen LogP contribution >= 0.6 is 0 Å². The van der Waals surface area contributed by atoms with E-state index in [1.165, 1.54) is 6.08 Å². The van der Waals surface area contributed by atoms with Crippen LogP contribution in [0.4, 0.5) is 0 Å². The van der Waals surface area contributed by atoms with Gasteiger partial charge in [0.1, 0.15) is 0 Å². The van der Waals surface area contributed by atoms with E-state index in [2.05, 4.69) is 17.2 Å². The summed E-state index contributed by atoms with van der Waals surface area (Å²) in [7, 11) is 0. The van der Waals surface area contributed by atoms with Crippen LogP contribution in [0.25, 0.3) is 6.08 Å². The number of carbonyl (C=O) groups is 2. The van der Waals surface area contributed by atoms with E-state index in [0.717, 1.165) is 11.1 Å². The van der Waals surface area contributed by atoms with Crippen LogP contribution in [-0.4, -0.2) is 23.6 Å².